The van der Waals surface area contributed by atoms with Crippen LogP contribution in [0.5, 0.6) is 0 Å². The maximum absolute atomic E-state index is 10.7. The molecule has 1 aromatic heterocycles. The quantitative estimate of drug-likeness (QED) is 0.599. The highest BCUT2D eigenvalue weighted by Crippen LogP contribution is 2.30. The van der Waals surface area contributed by atoms with Gasteiger partial charge in [-0.1, -0.05) is 24.3 Å². The summed E-state index contributed by atoms with van der Waals surface area (Å²) >= 11 is 1.87. The minimum atomic E-state index is -0.726. The molecule has 2 rings (SSSR count). The summed E-state index contributed by atoms with van der Waals surface area (Å²) in [6.07, 6.45) is 3.03. The molecular formula is C17H25N2O2S+. The Bertz CT molecular complexity index is 644. The van der Waals surface area contributed by atoms with Crippen molar-refractivity contribution >= 4 is 28.5 Å². The van der Waals surface area contributed by atoms with Crippen LogP contribution in [0.25, 0.3) is 10.8 Å². The van der Waals surface area contributed by atoms with E-state index in [1.54, 1.807) is 0 Å². The Morgan fingerprint density at radius 1 is 1.27 bits per heavy atom. The lowest BCUT2D eigenvalue weighted by Gasteiger charge is -2.23. The van der Waals surface area contributed by atoms with Crippen LogP contribution in [0.3, 0.4) is 0 Å². The molecule has 0 fully saturated rings. The molecule has 1 aromatic carbocycles. The average Bonchev–Trinajstić information content (AvgIpc) is 2.75. The van der Waals surface area contributed by atoms with Crippen LogP contribution < -0.4 is 0 Å². The van der Waals surface area contributed by atoms with Crippen molar-refractivity contribution in [2.75, 3.05) is 33.4 Å². The van der Waals surface area contributed by atoms with Gasteiger partial charge in [0, 0.05) is 35.7 Å². The number of hydrogen-bond donors (Lipinski definition) is 1. The molecule has 0 aliphatic heterocycles. The standard InChI is InChI=1S/C17H24N2O2S/c1-19(2,3)11-12-22-17-15-8-5-4-7-14(15)13-18(17)10-6-9-16(20)21/h4-5,7-8,13H,6,9-12H2,1-3H3/p+1. The number of carboxylic acid groups (broad SMARTS) is 1. The maximum Gasteiger partial charge on any atom is 0.303 e. The predicted molar refractivity (Wildman–Crippen MR) is 92.4 cm³/mol. The smallest absolute Gasteiger partial charge is 0.303 e. The molecule has 5 heteroatoms. The number of hydrogen-bond acceptors (Lipinski definition) is 2. The van der Waals surface area contributed by atoms with E-state index >= 15 is 0 Å². The number of rotatable bonds is 8. The Balaban J connectivity index is 2.14. The second-order valence-corrected chi connectivity index (χ2v) is 7.66. The van der Waals surface area contributed by atoms with Gasteiger partial charge in [-0.25, -0.2) is 0 Å². The van der Waals surface area contributed by atoms with Crippen molar-refractivity contribution in [1.82, 2.24) is 4.57 Å². The Labute approximate surface area is 136 Å². The van der Waals surface area contributed by atoms with Gasteiger partial charge >= 0.3 is 5.97 Å². The van der Waals surface area contributed by atoms with E-state index in [-0.39, 0.29) is 6.42 Å². The fourth-order valence-electron chi connectivity index (χ4n) is 2.33. The van der Waals surface area contributed by atoms with E-state index in [9.17, 15) is 4.79 Å². The zero-order valence-electron chi connectivity index (χ0n) is 13.6. The third-order valence-corrected chi connectivity index (χ3v) is 4.65. The molecule has 0 aliphatic carbocycles. The van der Waals surface area contributed by atoms with Crippen LogP contribution in [0.2, 0.25) is 0 Å². The van der Waals surface area contributed by atoms with E-state index in [0.29, 0.717) is 6.42 Å². The van der Waals surface area contributed by atoms with Crippen LogP contribution in [-0.4, -0.2) is 53.6 Å². The number of carboxylic acids is 1. The number of thioether (sulfide) groups is 1. The first kappa shape index (κ1) is 16.9. The molecule has 1 heterocycles. The molecule has 0 radical (unpaired) electrons. The Morgan fingerprint density at radius 3 is 2.68 bits per heavy atom. The highest BCUT2D eigenvalue weighted by atomic mass is 32.2. The molecule has 0 atom stereocenters. The lowest BCUT2D eigenvalue weighted by Crippen LogP contribution is -2.36. The van der Waals surface area contributed by atoms with Crippen molar-refractivity contribution in [2.45, 2.75) is 24.4 Å². The van der Waals surface area contributed by atoms with Gasteiger partial charge < -0.3 is 14.2 Å². The van der Waals surface area contributed by atoms with Crippen molar-refractivity contribution in [2.24, 2.45) is 0 Å². The lowest BCUT2D eigenvalue weighted by atomic mass is 10.2. The van der Waals surface area contributed by atoms with Gasteiger partial charge in [0.25, 0.3) is 0 Å². The number of quaternary nitrogens is 1. The molecule has 0 aliphatic rings. The van der Waals surface area contributed by atoms with Gasteiger partial charge in [-0.05, 0) is 6.42 Å². The number of fused-ring (bicyclic) bond motifs is 1. The number of benzene rings is 1. The third-order valence-electron chi connectivity index (χ3n) is 3.54. The minimum absolute atomic E-state index is 0.220. The monoisotopic (exact) mass is 321 g/mol. The lowest BCUT2D eigenvalue weighted by molar-refractivity contribution is -0.867. The topological polar surface area (TPSA) is 42.2 Å². The molecule has 0 bridgehead atoms. The predicted octanol–water partition coefficient (Wildman–Crippen LogP) is 3.30. The molecule has 2 aromatic rings. The molecule has 0 amide bonds. The van der Waals surface area contributed by atoms with E-state index < -0.39 is 5.97 Å². The van der Waals surface area contributed by atoms with Crippen molar-refractivity contribution in [3.05, 3.63) is 30.5 Å². The SMILES string of the molecule is C[N+](C)(C)CCSc1c2ccccc2cn1CCCC(=O)O. The molecule has 0 unspecified atom stereocenters. The zero-order chi connectivity index (χ0) is 16.2. The van der Waals surface area contributed by atoms with Gasteiger partial charge in [0.15, 0.2) is 0 Å². The normalized spacial score (nSPS) is 12.0. The Hall–Kier alpha value is -1.46. The summed E-state index contributed by atoms with van der Waals surface area (Å²) in [6, 6.07) is 8.38. The first-order chi connectivity index (χ1) is 10.4. The summed E-state index contributed by atoms with van der Waals surface area (Å²) in [6.45, 7) is 1.85. The summed E-state index contributed by atoms with van der Waals surface area (Å²) in [7, 11) is 6.60. The van der Waals surface area contributed by atoms with Crippen LogP contribution in [0, 0.1) is 0 Å². The van der Waals surface area contributed by atoms with E-state index in [0.717, 1.165) is 23.3 Å². The first-order valence-corrected chi connectivity index (χ1v) is 8.58. The molecule has 22 heavy (non-hydrogen) atoms. The summed E-state index contributed by atoms with van der Waals surface area (Å²) in [5.41, 5.74) is 0. The number of aliphatic carboxylic acids is 1. The fraction of sp³-hybridized carbons (Fsp3) is 0.471. The van der Waals surface area contributed by atoms with Crippen molar-refractivity contribution in [1.29, 1.82) is 0 Å². The van der Waals surface area contributed by atoms with Crippen LogP contribution in [-0.2, 0) is 11.3 Å². The molecule has 0 saturated heterocycles. The third kappa shape index (κ3) is 4.78. The fourth-order valence-corrected chi connectivity index (χ4v) is 3.81. The van der Waals surface area contributed by atoms with Crippen LogP contribution in [0.15, 0.2) is 35.5 Å². The molecule has 1 N–H and O–H groups in total. The number of aromatic nitrogens is 1. The Kier molecular flexibility index (Phi) is 5.53. The summed E-state index contributed by atoms with van der Waals surface area (Å²) in [4.78, 5) is 10.7. The van der Waals surface area contributed by atoms with Crippen molar-refractivity contribution in [3.8, 4) is 0 Å². The van der Waals surface area contributed by atoms with Gasteiger partial charge in [0.2, 0.25) is 0 Å². The first-order valence-electron chi connectivity index (χ1n) is 7.60. The van der Waals surface area contributed by atoms with Gasteiger partial charge in [0.05, 0.1) is 32.7 Å². The van der Waals surface area contributed by atoms with E-state index in [4.69, 9.17) is 5.11 Å². The van der Waals surface area contributed by atoms with E-state index in [1.165, 1.54) is 15.8 Å². The van der Waals surface area contributed by atoms with Crippen LogP contribution in [0.1, 0.15) is 12.8 Å². The highest BCUT2D eigenvalue weighted by molar-refractivity contribution is 7.99. The van der Waals surface area contributed by atoms with Crippen molar-refractivity contribution < 1.29 is 14.4 Å². The molecule has 4 nitrogen and oxygen atoms in total. The number of carbonyl (C=O) groups is 1. The van der Waals surface area contributed by atoms with Crippen LogP contribution >= 0.6 is 11.8 Å². The van der Waals surface area contributed by atoms with Gasteiger partial charge in [-0.3, -0.25) is 4.79 Å². The zero-order valence-corrected chi connectivity index (χ0v) is 14.4. The second-order valence-electron chi connectivity index (χ2n) is 6.57. The summed E-state index contributed by atoms with van der Waals surface area (Å²) < 4.78 is 3.17. The minimum Gasteiger partial charge on any atom is -0.481 e. The summed E-state index contributed by atoms with van der Waals surface area (Å²) in [5, 5.41) is 12.6. The van der Waals surface area contributed by atoms with Gasteiger partial charge in [-0.15, -0.1) is 11.8 Å². The Morgan fingerprint density at radius 2 is 2.00 bits per heavy atom. The molecule has 120 valence electrons. The molecule has 0 saturated carbocycles. The molecule has 0 spiro atoms. The van der Waals surface area contributed by atoms with E-state index in [2.05, 4.69) is 50.1 Å². The average molecular weight is 321 g/mol. The number of aryl methyl sites for hydroxylation is 1. The largest absolute Gasteiger partial charge is 0.481 e. The van der Waals surface area contributed by atoms with Crippen LogP contribution in [0.4, 0.5) is 0 Å². The van der Waals surface area contributed by atoms with Gasteiger partial charge in [0.1, 0.15) is 0 Å². The second kappa shape index (κ2) is 7.20. The maximum atomic E-state index is 10.7. The van der Waals surface area contributed by atoms with E-state index in [1.807, 2.05) is 17.8 Å². The highest BCUT2D eigenvalue weighted by Gasteiger charge is 2.12. The van der Waals surface area contributed by atoms with Gasteiger partial charge in [-0.2, -0.15) is 0 Å². The van der Waals surface area contributed by atoms with Crippen molar-refractivity contribution in [3.63, 3.8) is 0 Å². The summed E-state index contributed by atoms with van der Waals surface area (Å²) in [5.74, 6) is 0.326. The number of nitrogens with zero attached hydrogens (tertiary/aromatic N) is 2. The molecular weight excluding hydrogens is 296 g/mol.